The van der Waals surface area contributed by atoms with Gasteiger partial charge < -0.3 is 0 Å². The van der Waals surface area contributed by atoms with Crippen molar-refractivity contribution in [3.63, 3.8) is 0 Å². The second kappa shape index (κ2) is 6.42. The van der Waals surface area contributed by atoms with Crippen molar-refractivity contribution in [2.24, 2.45) is 0 Å². The lowest BCUT2D eigenvalue weighted by Gasteiger charge is -1.98. The third-order valence-electron chi connectivity index (χ3n) is 2.66. The standard InChI is InChI=1S/C15H10INO3/c16-14-7-2-1-4-11(14)8-9-15(18)12-5-3-6-13(10-12)17(19)20/h1-10H/b9-8+. The summed E-state index contributed by atoms with van der Waals surface area (Å²) < 4.78 is 1.04. The maximum atomic E-state index is 12.0. The van der Waals surface area contributed by atoms with Crippen LogP contribution in [0.1, 0.15) is 15.9 Å². The van der Waals surface area contributed by atoms with Gasteiger partial charge >= 0.3 is 0 Å². The monoisotopic (exact) mass is 379 g/mol. The van der Waals surface area contributed by atoms with E-state index in [2.05, 4.69) is 22.6 Å². The van der Waals surface area contributed by atoms with Crippen molar-refractivity contribution in [3.8, 4) is 0 Å². The molecule has 0 N–H and O–H groups in total. The average Bonchev–Trinajstić information content (AvgIpc) is 2.46. The Bertz CT molecular complexity index is 695. The van der Waals surface area contributed by atoms with Crippen LogP contribution in [-0.4, -0.2) is 10.7 Å². The lowest BCUT2D eigenvalue weighted by atomic mass is 10.1. The van der Waals surface area contributed by atoms with E-state index in [-0.39, 0.29) is 11.5 Å². The summed E-state index contributed by atoms with van der Waals surface area (Å²) in [5.74, 6) is -0.256. The first-order valence-corrected chi connectivity index (χ1v) is 6.87. The van der Waals surface area contributed by atoms with Crippen LogP contribution in [0.15, 0.2) is 54.6 Å². The van der Waals surface area contributed by atoms with Crippen molar-refractivity contribution in [2.45, 2.75) is 0 Å². The molecule has 0 saturated carbocycles. The number of benzene rings is 2. The number of halogens is 1. The number of hydrogen-bond acceptors (Lipinski definition) is 3. The summed E-state index contributed by atoms with van der Waals surface area (Å²) >= 11 is 2.18. The molecule has 100 valence electrons. The van der Waals surface area contributed by atoms with Gasteiger partial charge in [-0.3, -0.25) is 14.9 Å². The molecule has 0 saturated heterocycles. The smallest absolute Gasteiger partial charge is 0.270 e. The molecule has 2 aromatic rings. The van der Waals surface area contributed by atoms with E-state index in [9.17, 15) is 14.9 Å². The van der Waals surface area contributed by atoms with Crippen molar-refractivity contribution < 1.29 is 9.72 Å². The van der Waals surface area contributed by atoms with Gasteiger partial charge in [-0.15, -0.1) is 0 Å². The molecule has 0 aliphatic carbocycles. The maximum Gasteiger partial charge on any atom is 0.270 e. The van der Waals surface area contributed by atoms with E-state index in [1.807, 2.05) is 24.3 Å². The largest absolute Gasteiger partial charge is 0.289 e. The van der Waals surface area contributed by atoms with Gasteiger partial charge in [0.2, 0.25) is 0 Å². The number of carbonyl (C=O) groups is 1. The van der Waals surface area contributed by atoms with Gasteiger partial charge in [0.05, 0.1) is 4.92 Å². The summed E-state index contributed by atoms with van der Waals surface area (Å²) in [6.45, 7) is 0. The molecule has 0 fully saturated rings. The Kier molecular flexibility index (Phi) is 4.62. The molecule has 0 atom stereocenters. The SMILES string of the molecule is O=C(/C=C/c1ccccc1I)c1cccc([N+](=O)[O-])c1. The average molecular weight is 379 g/mol. The first kappa shape index (κ1) is 14.4. The van der Waals surface area contributed by atoms with Crippen molar-refractivity contribution in [3.05, 3.63) is 79.4 Å². The van der Waals surface area contributed by atoms with E-state index < -0.39 is 4.92 Å². The van der Waals surface area contributed by atoms with Gasteiger partial charge in [-0.2, -0.15) is 0 Å². The molecule has 0 spiro atoms. The van der Waals surface area contributed by atoms with Crippen LogP contribution in [0.2, 0.25) is 0 Å². The summed E-state index contributed by atoms with van der Waals surface area (Å²) in [5.41, 5.74) is 1.16. The number of hydrogen-bond donors (Lipinski definition) is 0. The Balaban J connectivity index is 2.22. The van der Waals surface area contributed by atoms with E-state index in [4.69, 9.17) is 0 Å². The summed E-state index contributed by atoms with van der Waals surface area (Å²) in [6, 6.07) is 13.4. The van der Waals surface area contributed by atoms with Gasteiger partial charge in [-0.05, 0) is 40.3 Å². The third kappa shape index (κ3) is 3.51. The van der Waals surface area contributed by atoms with Crippen LogP contribution >= 0.6 is 22.6 Å². The molecule has 0 heterocycles. The van der Waals surface area contributed by atoms with Crippen molar-refractivity contribution in [2.75, 3.05) is 0 Å². The first-order chi connectivity index (χ1) is 9.58. The van der Waals surface area contributed by atoms with Crippen LogP contribution in [0.4, 0.5) is 5.69 Å². The minimum absolute atomic E-state index is 0.0847. The minimum Gasteiger partial charge on any atom is -0.289 e. The van der Waals surface area contributed by atoms with Crippen LogP contribution in [0.3, 0.4) is 0 Å². The predicted octanol–water partition coefficient (Wildman–Crippen LogP) is 4.10. The fourth-order valence-electron chi connectivity index (χ4n) is 1.64. The quantitative estimate of drug-likeness (QED) is 0.264. The molecule has 20 heavy (non-hydrogen) atoms. The van der Waals surface area contributed by atoms with Gasteiger partial charge in [-0.25, -0.2) is 0 Å². The van der Waals surface area contributed by atoms with Gasteiger partial charge in [-0.1, -0.05) is 36.4 Å². The molecular formula is C15H10INO3. The number of nitro benzene ring substituents is 1. The molecule has 0 amide bonds. The number of nitro groups is 1. The fraction of sp³-hybridized carbons (Fsp3) is 0. The van der Waals surface area contributed by atoms with E-state index >= 15 is 0 Å². The van der Waals surface area contributed by atoms with Gasteiger partial charge in [0.15, 0.2) is 5.78 Å². The Labute approximate surface area is 129 Å². The Morgan fingerprint density at radius 1 is 1.15 bits per heavy atom. The summed E-state index contributed by atoms with van der Waals surface area (Å²) in [5, 5.41) is 10.7. The van der Waals surface area contributed by atoms with Gasteiger partial charge in [0.25, 0.3) is 5.69 Å². The zero-order valence-electron chi connectivity index (χ0n) is 10.3. The van der Waals surface area contributed by atoms with Crippen LogP contribution in [0.25, 0.3) is 6.08 Å². The maximum absolute atomic E-state index is 12.0. The molecule has 2 rings (SSSR count). The normalized spacial score (nSPS) is 10.7. The van der Waals surface area contributed by atoms with E-state index in [1.54, 1.807) is 12.1 Å². The lowest BCUT2D eigenvalue weighted by Crippen LogP contribution is -1.96. The van der Waals surface area contributed by atoms with Crippen LogP contribution in [0, 0.1) is 13.7 Å². The van der Waals surface area contributed by atoms with Gasteiger partial charge in [0, 0.05) is 21.3 Å². The summed E-state index contributed by atoms with van der Waals surface area (Å²) in [6.07, 6.45) is 3.14. The molecule has 0 radical (unpaired) electrons. The zero-order chi connectivity index (χ0) is 14.5. The first-order valence-electron chi connectivity index (χ1n) is 5.79. The van der Waals surface area contributed by atoms with Crippen LogP contribution < -0.4 is 0 Å². The number of allylic oxidation sites excluding steroid dienone is 1. The molecule has 0 aliphatic heterocycles. The molecule has 2 aromatic carbocycles. The number of rotatable bonds is 4. The van der Waals surface area contributed by atoms with Crippen molar-refractivity contribution in [1.29, 1.82) is 0 Å². The molecule has 0 unspecified atom stereocenters. The highest BCUT2D eigenvalue weighted by atomic mass is 127. The Morgan fingerprint density at radius 3 is 2.60 bits per heavy atom. The minimum atomic E-state index is -0.513. The van der Waals surface area contributed by atoms with Crippen molar-refractivity contribution >= 4 is 40.1 Å². The van der Waals surface area contributed by atoms with Crippen molar-refractivity contribution in [1.82, 2.24) is 0 Å². The molecule has 0 aliphatic rings. The number of non-ortho nitro benzene ring substituents is 1. The second-order valence-corrected chi connectivity index (χ2v) is 5.19. The molecule has 0 bridgehead atoms. The van der Waals surface area contributed by atoms with Crippen LogP contribution in [0.5, 0.6) is 0 Å². The molecule has 5 heteroatoms. The summed E-state index contributed by atoms with van der Waals surface area (Å²) in [4.78, 5) is 22.2. The zero-order valence-corrected chi connectivity index (χ0v) is 12.5. The summed E-state index contributed by atoms with van der Waals surface area (Å²) in [7, 11) is 0. The Morgan fingerprint density at radius 2 is 1.90 bits per heavy atom. The molecule has 0 aromatic heterocycles. The molecule has 4 nitrogen and oxygen atoms in total. The third-order valence-corrected chi connectivity index (χ3v) is 3.64. The van der Waals surface area contributed by atoms with E-state index in [0.29, 0.717) is 5.56 Å². The van der Waals surface area contributed by atoms with E-state index in [0.717, 1.165) is 9.13 Å². The topological polar surface area (TPSA) is 60.2 Å². The number of carbonyl (C=O) groups excluding carboxylic acids is 1. The number of nitrogens with zero attached hydrogens (tertiary/aromatic N) is 1. The van der Waals surface area contributed by atoms with E-state index in [1.165, 1.54) is 24.3 Å². The van der Waals surface area contributed by atoms with Gasteiger partial charge in [0.1, 0.15) is 0 Å². The second-order valence-electron chi connectivity index (χ2n) is 4.03. The fourth-order valence-corrected chi connectivity index (χ4v) is 2.21. The lowest BCUT2D eigenvalue weighted by molar-refractivity contribution is -0.384. The highest BCUT2D eigenvalue weighted by Crippen LogP contribution is 2.16. The highest BCUT2D eigenvalue weighted by Gasteiger charge is 2.09. The Hall–Kier alpha value is -2.02. The highest BCUT2D eigenvalue weighted by molar-refractivity contribution is 14.1. The predicted molar refractivity (Wildman–Crippen MR) is 85.6 cm³/mol. The van der Waals surface area contributed by atoms with Crippen LogP contribution in [-0.2, 0) is 0 Å². The number of ketones is 1. The molecular weight excluding hydrogens is 369 g/mol.